The van der Waals surface area contributed by atoms with Gasteiger partial charge >= 0.3 is 0 Å². The van der Waals surface area contributed by atoms with Crippen molar-refractivity contribution in [3.8, 4) is 11.5 Å². The first kappa shape index (κ1) is 26.5. The summed E-state index contributed by atoms with van der Waals surface area (Å²) in [4.78, 5) is 0. The van der Waals surface area contributed by atoms with Crippen LogP contribution in [0.1, 0.15) is 88.6 Å². The molecule has 1 aliphatic rings. The Morgan fingerprint density at radius 2 is 1.39 bits per heavy atom. The molecule has 1 aromatic carbocycles. The van der Waals surface area contributed by atoms with Gasteiger partial charge in [0.2, 0.25) is 0 Å². The highest BCUT2D eigenvalue weighted by Gasteiger charge is 2.68. The van der Waals surface area contributed by atoms with Gasteiger partial charge in [0.25, 0.3) is 8.32 Å². The Kier molecular flexibility index (Phi) is 7.60. The van der Waals surface area contributed by atoms with E-state index >= 15 is 0 Å². The largest absolute Gasteiger partial charge is 0.540 e. The van der Waals surface area contributed by atoms with Crippen LogP contribution in [0, 0.1) is 0 Å². The van der Waals surface area contributed by atoms with Crippen molar-refractivity contribution in [3.63, 3.8) is 0 Å². The van der Waals surface area contributed by atoms with E-state index in [1.165, 1.54) is 11.6 Å². The first-order valence-electron chi connectivity index (χ1n) is 12.4. The van der Waals surface area contributed by atoms with Crippen LogP contribution >= 0.6 is 0 Å². The lowest BCUT2D eigenvalue weighted by Crippen LogP contribution is -2.51. The van der Waals surface area contributed by atoms with Crippen molar-refractivity contribution >= 4 is 16.4 Å². The maximum Gasteiger partial charge on any atom is 0.258 e. The Morgan fingerprint density at radius 3 is 1.74 bits per heavy atom. The predicted octanol–water partition coefficient (Wildman–Crippen LogP) is 9.22. The van der Waals surface area contributed by atoms with E-state index in [0.717, 1.165) is 23.5 Å². The molecule has 178 valence electrons. The number of benzene rings is 1. The van der Waals surface area contributed by atoms with Gasteiger partial charge in [-0.1, -0.05) is 101 Å². The molecule has 0 N–H and O–H groups in total. The summed E-state index contributed by atoms with van der Waals surface area (Å²) in [7, 11) is -1.70. The SMILES string of the molecule is COc1cccc(CC2C[Si]2(C(C)(C)C)C(C)(C)C)c1O[Si](C(C)C)(C(C)C)C(C)C. The van der Waals surface area contributed by atoms with E-state index in [1.54, 1.807) is 7.11 Å². The summed E-state index contributed by atoms with van der Waals surface area (Å²) in [6, 6.07) is 7.98. The second kappa shape index (κ2) is 8.89. The number of hydrogen-bond acceptors (Lipinski definition) is 2. The highest BCUT2D eigenvalue weighted by molar-refractivity contribution is 6.95. The Hall–Kier alpha value is -0.746. The summed E-state index contributed by atoms with van der Waals surface area (Å²) in [6.07, 6.45) is 1.13. The summed E-state index contributed by atoms with van der Waals surface area (Å²) >= 11 is 0. The van der Waals surface area contributed by atoms with E-state index < -0.39 is 16.4 Å². The second-order valence-corrected chi connectivity index (χ2v) is 24.5. The van der Waals surface area contributed by atoms with E-state index in [0.29, 0.717) is 26.7 Å². The Labute approximate surface area is 195 Å². The molecule has 1 atom stereocenters. The fourth-order valence-corrected chi connectivity index (χ4v) is 20.5. The lowest BCUT2D eigenvalue weighted by atomic mass is 10.1. The molecule has 1 heterocycles. The zero-order valence-electron chi connectivity index (χ0n) is 22.8. The standard InChI is InChI=1S/C27H50O2Si2/c1-19(2)31(20(3)4,21(5)6)29-25-22(15-14-16-24(25)28-13)17-23-18-30(23,26(7,8)9)27(10,11)12/h14-16,19-21,23H,17-18H2,1-13H3. The van der Waals surface area contributed by atoms with Gasteiger partial charge in [-0.15, -0.1) is 0 Å². The number of methoxy groups -OCH3 is 1. The molecule has 2 rings (SSSR count). The van der Waals surface area contributed by atoms with Crippen LogP contribution in [0.5, 0.6) is 11.5 Å². The topological polar surface area (TPSA) is 18.5 Å². The minimum Gasteiger partial charge on any atom is -0.540 e. The molecule has 0 radical (unpaired) electrons. The predicted molar refractivity (Wildman–Crippen MR) is 142 cm³/mol. The van der Waals surface area contributed by atoms with Gasteiger partial charge in [0.15, 0.2) is 5.75 Å². The second-order valence-electron chi connectivity index (χ2n) is 12.9. The zero-order valence-corrected chi connectivity index (χ0v) is 24.8. The molecule has 1 unspecified atom stereocenters. The van der Waals surface area contributed by atoms with Crippen LogP contribution in [0.4, 0.5) is 0 Å². The van der Waals surface area contributed by atoms with E-state index in [1.807, 2.05) is 0 Å². The first-order chi connectivity index (χ1) is 14.1. The normalized spacial score (nSPS) is 19.3. The zero-order chi connectivity index (χ0) is 24.0. The molecular formula is C27H50O2Si2. The molecule has 2 nitrogen and oxygen atoms in total. The maximum atomic E-state index is 7.24. The van der Waals surface area contributed by atoms with Crippen LogP contribution in [-0.2, 0) is 6.42 Å². The van der Waals surface area contributed by atoms with E-state index in [4.69, 9.17) is 9.16 Å². The van der Waals surface area contributed by atoms with Gasteiger partial charge < -0.3 is 9.16 Å². The average Bonchev–Trinajstić information content (AvgIpc) is 3.35. The molecule has 4 heteroatoms. The molecule has 0 spiro atoms. The molecule has 1 aliphatic heterocycles. The molecule has 0 bridgehead atoms. The number of para-hydroxylation sites is 1. The number of rotatable bonds is 8. The molecule has 0 amide bonds. The fourth-order valence-electron chi connectivity index (χ4n) is 7.33. The van der Waals surface area contributed by atoms with Gasteiger partial charge in [-0.05, 0) is 50.3 Å². The van der Waals surface area contributed by atoms with E-state index in [-0.39, 0.29) is 0 Å². The number of hydrogen-bond donors (Lipinski definition) is 0. The molecule has 1 saturated heterocycles. The Balaban J connectivity index is 2.52. The molecule has 31 heavy (non-hydrogen) atoms. The van der Waals surface area contributed by atoms with Crippen LogP contribution in [0.3, 0.4) is 0 Å². The van der Waals surface area contributed by atoms with Gasteiger partial charge in [0, 0.05) is 0 Å². The summed E-state index contributed by atoms with van der Waals surface area (Å²) in [6.45, 7) is 29.1. The minimum atomic E-state index is -2.06. The van der Waals surface area contributed by atoms with Crippen molar-refractivity contribution in [2.24, 2.45) is 0 Å². The van der Waals surface area contributed by atoms with Crippen LogP contribution in [0.15, 0.2) is 18.2 Å². The third-order valence-corrected chi connectivity index (χ3v) is 22.3. The van der Waals surface area contributed by atoms with Crippen LogP contribution in [0.2, 0.25) is 38.3 Å². The molecular weight excluding hydrogens is 412 g/mol. The first-order valence-corrected chi connectivity index (χ1v) is 16.8. The van der Waals surface area contributed by atoms with Gasteiger partial charge in [-0.2, -0.15) is 0 Å². The minimum absolute atomic E-state index is 0.419. The van der Waals surface area contributed by atoms with Crippen molar-refractivity contribution in [1.29, 1.82) is 0 Å². The van der Waals surface area contributed by atoms with Crippen LogP contribution < -0.4 is 9.16 Å². The Morgan fingerprint density at radius 1 is 0.903 bits per heavy atom. The average molecular weight is 463 g/mol. The van der Waals surface area contributed by atoms with E-state index in [2.05, 4.69) is 101 Å². The summed E-state index contributed by atoms with van der Waals surface area (Å²) < 4.78 is 13.1. The smallest absolute Gasteiger partial charge is 0.258 e. The number of ether oxygens (including phenoxy) is 1. The highest BCUT2D eigenvalue weighted by atomic mass is 28.4. The fraction of sp³-hybridized carbons (Fsp3) is 0.778. The lowest BCUT2D eigenvalue weighted by Gasteiger charge is -2.43. The highest BCUT2D eigenvalue weighted by Crippen LogP contribution is 2.72. The maximum absolute atomic E-state index is 7.24. The van der Waals surface area contributed by atoms with Crippen molar-refractivity contribution < 1.29 is 9.16 Å². The van der Waals surface area contributed by atoms with Crippen molar-refractivity contribution in [2.75, 3.05) is 7.11 Å². The molecule has 0 aromatic heterocycles. The molecule has 1 aromatic rings. The van der Waals surface area contributed by atoms with Gasteiger partial charge in [0.1, 0.15) is 5.75 Å². The monoisotopic (exact) mass is 462 g/mol. The van der Waals surface area contributed by atoms with Crippen LogP contribution in [0.25, 0.3) is 0 Å². The molecule has 0 saturated carbocycles. The van der Waals surface area contributed by atoms with E-state index in [9.17, 15) is 0 Å². The van der Waals surface area contributed by atoms with Crippen LogP contribution in [-0.4, -0.2) is 23.5 Å². The lowest BCUT2D eigenvalue weighted by molar-refractivity contribution is 0.380. The molecule has 1 fully saturated rings. The van der Waals surface area contributed by atoms with Crippen molar-refractivity contribution in [3.05, 3.63) is 23.8 Å². The third-order valence-electron chi connectivity index (χ3n) is 8.51. The summed E-state index contributed by atoms with van der Waals surface area (Å²) in [5.74, 6) is 1.96. The van der Waals surface area contributed by atoms with Gasteiger partial charge in [0.05, 0.1) is 15.2 Å². The van der Waals surface area contributed by atoms with Crippen molar-refractivity contribution in [2.45, 2.75) is 128 Å². The quantitative estimate of drug-likeness (QED) is 0.358. The molecule has 0 aliphatic carbocycles. The summed E-state index contributed by atoms with van der Waals surface area (Å²) in [5.41, 5.74) is 3.82. The summed E-state index contributed by atoms with van der Waals surface area (Å²) in [5, 5.41) is 0.838. The Bertz CT molecular complexity index is 718. The third kappa shape index (κ3) is 4.53. The van der Waals surface area contributed by atoms with Crippen molar-refractivity contribution in [1.82, 2.24) is 0 Å². The van der Waals surface area contributed by atoms with Gasteiger partial charge in [-0.3, -0.25) is 0 Å². The van der Waals surface area contributed by atoms with Gasteiger partial charge in [-0.25, -0.2) is 0 Å².